The summed E-state index contributed by atoms with van der Waals surface area (Å²) in [6.07, 6.45) is 5.80. The van der Waals surface area contributed by atoms with E-state index in [9.17, 15) is 4.79 Å². The van der Waals surface area contributed by atoms with Gasteiger partial charge in [0, 0.05) is 18.0 Å². The number of rotatable bonds is 7. The summed E-state index contributed by atoms with van der Waals surface area (Å²) in [5.41, 5.74) is 5.79. The zero-order valence-electron chi connectivity index (χ0n) is 17.8. The van der Waals surface area contributed by atoms with E-state index in [-0.39, 0.29) is 5.56 Å². The van der Waals surface area contributed by atoms with E-state index in [4.69, 9.17) is 4.74 Å². The van der Waals surface area contributed by atoms with Crippen LogP contribution in [0.5, 0.6) is 5.75 Å². The predicted octanol–water partition coefficient (Wildman–Crippen LogP) is 5.01. The topological polar surface area (TPSA) is 48.5 Å². The van der Waals surface area contributed by atoms with Crippen molar-refractivity contribution < 1.29 is 4.74 Å². The van der Waals surface area contributed by atoms with Gasteiger partial charge >= 0.3 is 0 Å². The third-order valence-corrected chi connectivity index (χ3v) is 5.37. The highest BCUT2D eigenvalue weighted by molar-refractivity contribution is 5.66. The lowest BCUT2D eigenvalue weighted by atomic mass is 10.1. The minimum Gasteiger partial charge on any atom is -0.494 e. The number of hydrogen-bond acceptors (Lipinski definition) is 3. The molecule has 0 saturated heterocycles. The molecular formula is C25H27N3O2. The number of aromatic nitrogens is 3. The van der Waals surface area contributed by atoms with Gasteiger partial charge in [0.05, 0.1) is 18.8 Å². The van der Waals surface area contributed by atoms with Gasteiger partial charge in [-0.3, -0.25) is 4.79 Å². The van der Waals surface area contributed by atoms with Crippen LogP contribution in [0, 0.1) is 13.8 Å². The highest BCUT2D eigenvalue weighted by Gasteiger charge is 2.10. The van der Waals surface area contributed by atoms with Crippen LogP contribution in [0.4, 0.5) is 0 Å². The largest absolute Gasteiger partial charge is 0.494 e. The van der Waals surface area contributed by atoms with Crippen LogP contribution >= 0.6 is 0 Å². The maximum absolute atomic E-state index is 13.1. The van der Waals surface area contributed by atoms with Crippen molar-refractivity contribution in [1.82, 2.24) is 14.2 Å². The van der Waals surface area contributed by atoms with Crippen LogP contribution in [0.15, 0.2) is 65.7 Å². The molecule has 30 heavy (non-hydrogen) atoms. The van der Waals surface area contributed by atoms with Crippen molar-refractivity contribution in [3.05, 3.63) is 88.0 Å². The van der Waals surface area contributed by atoms with Crippen molar-refractivity contribution in [3.63, 3.8) is 0 Å². The van der Waals surface area contributed by atoms with Crippen molar-refractivity contribution in [1.29, 1.82) is 0 Å². The van der Waals surface area contributed by atoms with Gasteiger partial charge in [0.2, 0.25) is 0 Å². The predicted molar refractivity (Wildman–Crippen MR) is 120 cm³/mol. The van der Waals surface area contributed by atoms with Crippen LogP contribution in [0.1, 0.15) is 36.5 Å². The van der Waals surface area contributed by atoms with E-state index in [2.05, 4.69) is 44.1 Å². The van der Waals surface area contributed by atoms with Gasteiger partial charge in [-0.2, -0.15) is 5.10 Å². The van der Waals surface area contributed by atoms with Gasteiger partial charge in [-0.05, 0) is 61.7 Å². The fourth-order valence-electron chi connectivity index (χ4n) is 3.50. The molecule has 0 fully saturated rings. The lowest BCUT2D eigenvalue weighted by molar-refractivity contribution is 0.309. The first-order chi connectivity index (χ1) is 14.5. The summed E-state index contributed by atoms with van der Waals surface area (Å²) in [6.45, 7) is 7.56. The van der Waals surface area contributed by atoms with Crippen molar-refractivity contribution >= 4 is 5.52 Å². The number of unbranched alkanes of at least 4 members (excludes halogenated alkanes) is 1. The number of nitrogens with zero attached hydrogens (tertiary/aromatic N) is 3. The molecule has 0 bridgehead atoms. The van der Waals surface area contributed by atoms with E-state index in [1.54, 1.807) is 15.3 Å². The van der Waals surface area contributed by atoms with Gasteiger partial charge in [-0.1, -0.05) is 37.1 Å². The SMILES string of the molecule is CCCCOc1ccc(-c2cc3c(=O)n(Cc4cc(C)ccc4C)ccn3n2)cc1. The van der Waals surface area contributed by atoms with E-state index >= 15 is 0 Å². The first kappa shape index (κ1) is 20.0. The van der Waals surface area contributed by atoms with Gasteiger partial charge in [0.15, 0.2) is 0 Å². The lowest BCUT2D eigenvalue weighted by Crippen LogP contribution is -2.22. The Bertz CT molecular complexity index is 1220. The highest BCUT2D eigenvalue weighted by atomic mass is 16.5. The maximum atomic E-state index is 13.1. The van der Waals surface area contributed by atoms with Crippen LogP contribution < -0.4 is 10.3 Å². The summed E-state index contributed by atoms with van der Waals surface area (Å²) < 4.78 is 9.13. The third-order valence-electron chi connectivity index (χ3n) is 5.37. The molecule has 0 atom stereocenters. The number of benzene rings is 2. The molecule has 5 heteroatoms. The fraction of sp³-hybridized carbons (Fsp3) is 0.280. The smallest absolute Gasteiger partial charge is 0.276 e. The quantitative estimate of drug-likeness (QED) is 0.409. The third kappa shape index (κ3) is 4.15. The molecule has 0 radical (unpaired) electrons. The number of fused-ring (bicyclic) bond motifs is 1. The summed E-state index contributed by atoms with van der Waals surface area (Å²) >= 11 is 0. The number of hydrogen-bond donors (Lipinski definition) is 0. The average Bonchev–Trinajstić information content (AvgIpc) is 3.19. The van der Waals surface area contributed by atoms with E-state index in [0.29, 0.717) is 12.1 Å². The van der Waals surface area contributed by atoms with Crippen molar-refractivity contribution in [2.24, 2.45) is 0 Å². The summed E-state index contributed by atoms with van der Waals surface area (Å²) in [7, 11) is 0. The number of aryl methyl sites for hydroxylation is 2. The molecule has 0 aliphatic carbocycles. The minimum atomic E-state index is -0.0447. The molecule has 0 spiro atoms. The summed E-state index contributed by atoms with van der Waals surface area (Å²) in [5, 5.41) is 4.59. The molecule has 2 aromatic heterocycles. The van der Waals surface area contributed by atoms with Crippen LogP contribution in [0.3, 0.4) is 0 Å². The lowest BCUT2D eigenvalue weighted by Gasteiger charge is -2.10. The first-order valence-electron chi connectivity index (χ1n) is 10.4. The molecule has 0 saturated carbocycles. The summed E-state index contributed by atoms with van der Waals surface area (Å²) in [4.78, 5) is 13.1. The normalized spacial score (nSPS) is 11.2. The standard InChI is InChI=1S/C25H27N3O2/c1-4-5-14-30-22-10-8-20(9-11-22)23-16-24-25(29)27(12-13-28(24)26-23)17-21-15-18(2)6-7-19(21)3/h6-13,15-16H,4-5,14,17H2,1-3H3. The second-order valence-corrected chi connectivity index (χ2v) is 7.75. The van der Waals surface area contributed by atoms with E-state index in [1.165, 1.54) is 11.1 Å². The Hall–Kier alpha value is -3.34. The summed E-state index contributed by atoms with van der Waals surface area (Å²) in [6, 6.07) is 16.1. The Morgan fingerprint density at radius 3 is 2.57 bits per heavy atom. The molecule has 0 unspecified atom stereocenters. The highest BCUT2D eigenvalue weighted by Crippen LogP contribution is 2.22. The van der Waals surface area contributed by atoms with E-state index in [0.717, 1.165) is 42.0 Å². The molecule has 154 valence electrons. The Morgan fingerprint density at radius 2 is 1.80 bits per heavy atom. The second-order valence-electron chi connectivity index (χ2n) is 7.75. The van der Waals surface area contributed by atoms with Crippen LogP contribution in [0.2, 0.25) is 0 Å². The van der Waals surface area contributed by atoms with Crippen LogP contribution in [-0.4, -0.2) is 20.8 Å². The molecule has 2 aromatic carbocycles. The molecule has 0 N–H and O–H groups in total. The van der Waals surface area contributed by atoms with Crippen molar-refractivity contribution in [2.45, 2.75) is 40.2 Å². The molecule has 0 amide bonds. The van der Waals surface area contributed by atoms with E-state index < -0.39 is 0 Å². The zero-order chi connectivity index (χ0) is 21.1. The van der Waals surface area contributed by atoms with Gasteiger partial charge in [-0.15, -0.1) is 0 Å². The maximum Gasteiger partial charge on any atom is 0.276 e. The first-order valence-corrected chi connectivity index (χ1v) is 10.4. The second kappa shape index (κ2) is 8.57. The molecule has 5 nitrogen and oxygen atoms in total. The summed E-state index contributed by atoms with van der Waals surface area (Å²) in [5.74, 6) is 0.854. The van der Waals surface area contributed by atoms with Crippen molar-refractivity contribution in [3.8, 4) is 17.0 Å². The monoisotopic (exact) mass is 401 g/mol. The van der Waals surface area contributed by atoms with Gasteiger partial charge < -0.3 is 9.30 Å². The molecule has 0 aliphatic rings. The molecule has 0 aliphatic heterocycles. The minimum absolute atomic E-state index is 0.0447. The van der Waals surface area contributed by atoms with Crippen molar-refractivity contribution in [2.75, 3.05) is 6.61 Å². The van der Waals surface area contributed by atoms with E-state index in [1.807, 2.05) is 36.5 Å². The fourth-order valence-corrected chi connectivity index (χ4v) is 3.50. The zero-order valence-corrected chi connectivity index (χ0v) is 17.8. The van der Waals surface area contributed by atoms with Crippen LogP contribution in [-0.2, 0) is 6.54 Å². The molecule has 2 heterocycles. The van der Waals surface area contributed by atoms with Gasteiger partial charge in [0.25, 0.3) is 5.56 Å². The molecular weight excluding hydrogens is 374 g/mol. The van der Waals surface area contributed by atoms with Gasteiger partial charge in [0.1, 0.15) is 11.3 Å². The Morgan fingerprint density at radius 1 is 1.00 bits per heavy atom. The Kier molecular flexibility index (Phi) is 5.70. The van der Waals surface area contributed by atoms with Crippen LogP contribution in [0.25, 0.3) is 16.8 Å². The molecule has 4 rings (SSSR count). The molecule has 4 aromatic rings. The number of ether oxygens (including phenoxy) is 1. The average molecular weight is 402 g/mol. The Labute approximate surface area is 176 Å². The Balaban J connectivity index is 1.61. The van der Waals surface area contributed by atoms with Gasteiger partial charge in [-0.25, -0.2) is 4.52 Å².